The van der Waals surface area contributed by atoms with E-state index in [9.17, 15) is 10.1 Å². The van der Waals surface area contributed by atoms with E-state index in [1.54, 1.807) is 17.4 Å². The van der Waals surface area contributed by atoms with E-state index >= 15 is 0 Å². The minimum absolute atomic E-state index is 0.0518. The molecule has 0 aliphatic carbocycles. The number of anilines is 2. The van der Waals surface area contributed by atoms with Crippen LogP contribution < -0.4 is 10.2 Å². The van der Waals surface area contributed by atoms with Crippen molar-refractivity contribution in [2.45, 2.75) is 25.8 Å². The maximum atomic E-state index is 11.2. The van der Waals surface area contributed by atoms with Gasteiger partial charge < -0.3 is 10.2 Å². The summed E-state index contributed by atoms with van der Waals surface area (Å²) in [5.74, 6) is 0. The molecule has 3 rings (SSSR count). The van der Waals surface area contributed by atoms with E-state index in [4.69, 9.17) is 5.26 Å². The molecule has 24 heavy (non-hydrogen) atoms. The van der Waals surface area contributed by atoms with Crippen LogP contribution in [0.1, 0.15) is 24.1 Å². The Balaban J connectivity index is 1.70. The molecule has 7 nitrogen and oxygen atoms in total. The molecular weight excluding hydrogens is 326 g/mol. The number of hydrogen-bond donors (Lipinski definition) is 1. The van der Waals surface area contributed by atoms with E-state index in [0.717, 1.165) is 23.7 Å². The third kappa shape index (κ3) is 3.46. The Morgan fingerprint density at radius 3 is 2.79 bits per heavy atom. The van der Waals surface area contributed by atoms with Crippen LogP contribution in [0.2, 0.25) is 0 Å². The van der Waals surface area contributed by atoms with Gasteiger partial charge in [0.2, 0.25) is 0 Å². The average Bonchev–Trinajstić information content (AvgIpc) is 2.99. The van der Waals surface area contributed by atoms with Gasteiger partial charge in [0.15, 0.2) is 5.13 Å². The summed E-state index contributed by atoms with van der Waals surface area (Å²) in [5, 5.41) is 26.6. The van der Waals surface area contributed by atoms with Crippen molar-refractivity contribution in [3.63, 3.8) is 0 Å². The summed E-state index contributed by atoms with van der Waals surface area (Å²) in [6.07, 6.45) is 1.74. The zero-order chi connectivity index (χ0) is 17.1. The molecule has 0 bridgehead atoms. The minimum Gasteiger partial charge on any atom is -0.366 e. The summed E-state index contributed by atoms with van der Waals surface area (Å²) in [5.41, 5.74) is 2.02. The first-order chi connectivity index (χ1) is 11.6. The summed E-state index contributed by atoms with van der Waals surface area (Å²) < 4.78 is 0. The highest BCUT2D eigenvalue weighted by atomic mass is 32.1. The predicted octanol–water partition coefficient (Wildman–Crippen LogP) is 3.31. The molecule has 2 aromatic rings. The van der Waals surface area contributed by atoms with Gasteiger partial charge in [-0.1, -0.05) is 0 Å². The Kier molecular flexibility index (Phi) is 4.62. The number of nitro groups is 1. The van der Waals surface area contributed by atoms with Gasteiger partial charge in [0, 0.05) is 30.6 Å². The van der Waals surface area contributed by atoms with Gasteiger partial charge in [0.25, 0.3) is 5.69 Å². The van der Waals surface area contributed by atoms with Gasteiger partial charge in [-0.3, -0.25) is 10.1 Å². The SMILES string of the molecule is Cc1csc(NC2CCN(c3cc(C#N)ccc3[N+](=O)[O-])CC2)n1. The highest BCUT2D eigenvalue weighted by Crippen LogP contribution is 2.32. The lowest BCUT2D eigenvalue weighted by Crippen LogP contribution is -2.39. The van der Waals surface area contributed by atoms with Crippen molar-refractivity contribution in [3.05, 3.63) is 45.0 Å². The van der Waals surface area contributed by atoms with Gasteiger partial charge in [-0.2, -0.15) is 5.26 Å². The van der Waals surface area contributed by atoms with Crippen molar-refractivity contribution in [2.24, 2.45) is 0 Å². The first-order valence-corrected chi connectivity index (χ1v) is 8.57. The van der Waals surface area contributed by atoms with Gasteiger partial charge in [-0.25, -0.2) is 4.98 Å². The van der Waals surface area contributed by atoms with E-state index < -0.39 is 0 Å². The lowest BCUT2D eigenvalue weighted by molar-refractivity contribution is -0.384. The van der Waals surface area contributed by atoms with Crippen molar-refractivity contribution in [1.82, 2.24) is 4.98 Å². The van der Waals surface area contributed by atoms with Crippen LogP contribution in [0.5, 0.6) is 0 Å². The Hall–Kier alpha value is -2.66. The monoisotopic (exact) mass is 343 g/mol. The Morgan fingerprint density at radius 1 is 1.46 bits per heavy atom. The fourth-order valence-corrected chi connectivity index (χ4v) is 3.63. The first kappa shape index (κ1) is 16.2. The fraction of sp³-hybridized carbons (Fsp3) is 0.375. The van der Waals surface area contributed by atoms with Gasteiger partial charge in [-0.15, -0.1) is 11.3 Å². The van der Waals surface area contributed by atoms with E-state index in [-0.39, 0.29) is 10.6 Å². The molecule has 1 aromatic carbocycles. The highest BCUT2D eigenvalue weighted by Gasteiger charge is 2.25. The van der Waals surface area contributed by atoms with Crippen molar-refractivity contribution in [3.8, 4) is 6.07 Å². The van der Waals surface area contributed by atoms with Crippen LogP contribution in [0.15, 0.2) is 23.6 Å². The highest BCUT2D eigenvalue weighted by molar-refractivity contribution is 7.13. The van der Waals surface area contributed by atoms with Crippen LogP contribution in [0.25, 0.3) is 0 Å². The Morgan fingerprint density at radius 2 is 2.21 bits per heavy atom. The number of thiazole rings is 1. The predicted molar refractivity (Wildman–Crippen MR) is 93.5 cm³/mol. The summed E-state index contributed by atoms with van der Waals surface area (Å²) in [7, 11) is 0. The summed E-state index contributed by atoms with van der Waals surface area (Å²) in [6, 6.07) is 6.87. The molecule has 0 saturated carbocycles. The van der Waals surface area contributed by atoms with Gasteiger partial charge in [0.1, 0.15) is 5.69 Å². The van der Waals surface area contributed by atoms with Crippen molar-refractivity contribution in [1.29, 1.82) is 5.26 Å². The van der Waals surface area contributed by atoms with Crippen LogP contribution in [0.3, 0.4) is 0 Å². The second-order valence-corrected chi connectivity index (χ2v) is 6.63. The smallest absolute Gasteiger partial charge is 0.292 e. The van der Waals surface area contributed by atoms with Crippen molar-refractivity contribution >= 4 is 27.8 Å². The Bertz CT molecular complexity index is 790. The van der Waals surface area contributed by atoms with Gasteiger partial charge in [0.05, 0.1) is 22.2 Å². The zero-order valence-corrected chi connectivity index (χ0v) is 14.0. The number of benzene rings is 1. The summed E-state index contributed by atoms with van der Waals surface area (Å²) in [4.78, 5) is 17.3. The largest absolute Gasteiger partial charge is 0.366 e. The van der Waals surface area contributed by atoms with E-state index in [0.29, 0.717) is 30.4 Å². The van der Waals surface area contributed by atoms with Crippen LogP contribution in [-0.2, 0) is 0 Å². The molecule has 1 aliphatic rings. The average molecular weight is 343 g/mol. The molecule has 0 radical (unpaired) electrons. The molecule has 1 aliphatic heterocycles. The number of rotatable bonds is 4. The van der Waals surface area contributed by atoms with Gasteiger partial charge in [-0.05, 0) is 31.9 Å². The molecule has 0 amide bonds. The number of nitro benzene ring substituents is 1. The molecule has 0 unspecified atom stereocenters. The maximum Gasteiger partial charge on any atom is 0.292 e. The lowest BCUT2D eigenvalue weighted by Gasteiger charge is -2.33. The van der Waals surface area contributed by atoms with Crippen LogP contribution >= 0.6 is 11.3 Å². The zero-order valence-electron chi connectivity index (χ0n) is 13.2. The van der Waals surface area contributed by atoms with E-state index in [1.165, 1.54) is 12.1 Å². The lowest BCUT2D eigenvalue weighted by atomic mass is 10.0. The van der Waals surface area contributed by atoms with E-state index in [2.05, 4.69) is 10.3 Å². The van der Waals surface area contributed by atoms with Crippen molar-refractivity contribution in [2.75, 3.05) is 23.3 Å². The fourth-order valence-electron chi connectivity index (χ4n) is 2.86. The molecule has 1 aromatic heterocycles. The van der Waals surface area contributed by atoms with Crippen LogP contribution in [0, 0.1) is 28.4 Å². The number of hydrogen-bond acceptors (Lipinski definition) is 7. The van der Waals surface area contributed by atoms with Crippen molar-refractivity contribution < 1.29 is 4.92 Å². The summed E-state index contributed by atoms with van der Waals surface area (Å²) >= 11 is 1.59. The normalized spacial score (nSPS) is 15.1. The van der Waals surface area contributed by atoms with E-state index in [1.807, 2.05) is 23.3 Å². The third-order valence-corrected chi connectivity index (χ3v) is 4.97. The minimum atomic E-state index is -0.390. The molecule has 1 fully saturated rings. The number of nitrogens with one attached hydrogen (secondary N) is 1. The van der Waals surface area contributed by atoms with Crippen LogP contribution in [0.4, 0.5) is 16.5 Å². The number of piperidine rings is 1. The third-order valence-electron chi connectivity index (χ3n) is 4.08. The molecule has 8 heteroatoms. The Labute approximate surface area is 143 Å². The molecule has 2 heterocycles. The molecule has 1 N–H and O–H groups in total. The molecular formula is C16H17N5O2S. The quantitative estimate of drug-likeness (QED) is 0.676. The number of aryl methyl sites for hydroxylation is 1. The maximum absolute atomic E-state index is 11.2. The molecule has 0 atom stereocenters. The number of aromatic nitrogens is 1. The summed E-state index contributed by atoms with van der Waals surface area (Å²) in [6.45, 7) is 3.38. The second-order valence-electron chi connectivity index (χ2n) is 5.77. The molecule has 1 saturated heterocycles. The standard InChI is InChI=1S/C16H17N5O2S/c1-11-10-24-16(18-11)19-13-4-6-20(7-5-13)15-8-12(9-17)2-3-14(15)21(22)23/h2-3,8,10,13H,4-7H2,1H3,(H,18,19). The van der Waals surface area contributed by atoms with Gasteiger partial charge >= 0.3 is 0 Å². The van der Waals surface area contributed by atoms with Crippen LogP contribution in [-0.4, -0.2) is 29.0 Å². The number of nitrogens with zero attached hydrogens (tertiary/aromatic N) is 4. The molecule has 0 spiro atoms. The second kappa shape index (κ2) is 6.84. The first-order valence-electron chi connectivity index (χ1n) is 7.69. The number of nitriles is 1. The topological polar surface area (TPSA) is 95.1 Å². The molecule has 124 valence electrons.